The summed E-state index contributed by atoms with van der Waals surface area (Å²) >= 11 is 0. The van der Waals surface area contributed by atoms with Gasteiger partial charge in [0.1, 0.15) is 22.3 Å². The van der Waals surface area contributed by atoms with Gasteiger partial charge in [-0.3, -0.25) is 0 Å². The molecule has 0 saturated heterocycles. The summed E-state index contributed by atoms with van der Waals surface area (Å²) in [6, 6.07) is 50.8. The van der Waals surface area contributed by atoms with Gasteiger partial charge >= 0.3 is 0 Å². The van der Waals surface area contributed by atoms with Crippen LogP contribution in [-0.4, -0.2) is 0 Å². The van der Waals surface area contributed by atoms with Crippen molar-refractivity contribution in [2.45, 2.75) is 71.6 Å². The molecule has 0 radical (unpaired) electrons. The summed E-state index contributed by atoms with van der Waals surface area (Å²) in [6.45, 7) is 18.5. The molecule has 0 unspecified atom stereocenters. The van der Waals surface area contributed by atoms with Crippen LogP contribution in [0.4, 0.5) is 17.1 Å². The van der Waals surface area contributed by atoms with Gasteiger partial charge in [0.25, 0.3) is 0 Å². The Kier molecular flexibility index (Phi) is 7.36. The number of para-hydroxylation sites is 1. The van der Waals surface area contributed by atoms with E-state index < -0.39 is 0 Å². The van der Waals surface area contributed by atoms with Gasteiger partial charge in [-0.2, -0.15) is 0 Å². The molecule has 0 atom stereocenters. The molecule has 0 spiro atoms. The maximum absolute atomic E-state index is 6.87. The zero-order valence-electron chi connectivity index (χ0n) is 33.5. The molecule has 2 aromatic heterocycles. The Morgan fingerprint density at radius 1 is 0.482 bits per heavy atom. The van der Waals surface area contributed by atoms with Gasteiger partial charge < -0.3 is 13.7 Å². The highest BCUT2D eigenvalue weighted by Gasteiger charge is 2.37. The summed E-state index contributed by atoms with van der Waals surface area (Å²) in [6.07, 6.45) is 0. The quantitative estimate of drug-likeness (QED) is 0.181. The fourth-order valence-electron chi connectivity index (χ4n) is 9.04. The number of hydrogen-bond donors (Lipinski definition) is 0. The number of hydrogen-bond acceptors (Lipinski definition) is 3. The van der Waals surface area contributed by atoms with E-state index in [0.717, 1.165) is 50.2 Å². The largest absolute Gasteiger partial charge is 0.456 e. The van der Waals surface area contributed by atoms with Crippen LogP contribution in [0.2, 0.25) is 0 Å². The maximum Gasteiger partial charge on any atom is 0.139 e. The summed E-state index contributed by atoms with van der Waals surface area (Å²) in [7, 11) is 0. The Balaban J connectivity index is 1.20. The van der Waals surface area contributed by atoms with E-state index in [-0.39, 0.29) is 16.2 Å². The van der Waals surface area contributed by atoms with Gasteiger partial charge in [-0.05, 0) is 110 Å². The second kappa shape index (κ2) is 12.0. The topological polar surface area (TPSA) is 29.5 Å². The van der Waals surface area contributed by atoms with Gasteiger partial charge in [0.15, 0.2) is 0 Å². The van der Waals surface area contributed by atoms with Crippen LogP contribution in [0.25, 0.3) is 66.1 Å². The SMILES string of the molecule is CC(C)(C)c1cc(C(C)(C)C)c2oc3cc4c(cc3c2c1)-c1cc(N(c2ccc(-c3ccccc3)cc2)c2cccc3oc5ccccc5c23)ccc1C4(C)C. The first kappa shape index (κ1) is 34.4. The van der Waals surface area contributed by atoms with Crippen LogP contribution in [0, 0.1) is 0 Å². The molecule has 9 aromatic rings. The Morgan fingerprint density at radius 3 is 1.91 bits per heavy atom. The zero-order valence-corrected chi connectivity index (χ0v) is 33.5. The zero-order chi connectivity index (χ0) is 38.7. The van der Waals surface area contributed by atoms with Crippen molar-refractivity contribution in [3.63, 3.8) is 0 Å². The molecule has 1 aliphatic rings. The number of fused-ring (bicyclic) bond motifs is 9. The van der Waals surface area contributed by atoms with Gasteiger partial charge in [-0.1, -0.05) is 134 Å². The molecular weight excluding hydrogens is 683 g/mol. The number of nitrogens with zero attached hydrogens (tertiary/aromatic N) is 1. The predicted molar refractivity (Wildman–Crippen MR) is 236 cm³/mol. The van der Waals surface area contributed by atoms with E-state index in [9.17, 15) is 0 Å². The lowest BCUT2D eigenvalue weighted by molar-refractivity contribution is 0.559. The Hall–Kier alpha value is -6.06. The molecule has 3 nitrogen and oxygen atoms in total. The molecule has 10 rings (SSSR count). The minimum Gasteiger partial charge on any atom is -0.456 e. The highest BCUT2D eigenvalue weighted by atomic mass is 16.3. The van der Waals surface area contributed by atoms with Crippen molar-refractivity contribution in [3.05, 3.63) is 162 Å². The van der Waals surface area contributed by atoms with Crippen molar-refractivity contribution in [2.24, 2.45) is 0 Å². The molecule has 0 N–H and O–H groups in total. The van der Waals surface area contributed by atoms with Crippen molar-refractivity contribution in [3.8, 4) is 22.3 Å². The standard InChI is InChI=1S/C53H47NO2/c1-51(2,3)34-27-41-40-30-39-38-29-36(25-26-42(38)53(7,8)43(39)31-48(40)56-50(41)44(28-34)52(4,5)6)54(35-23-21-33(22-24-35)32-15-10-9-11-16-32)45-18-14-20-47-49(45)37-17-12-13-19-46(37)55-47/h9-31H,1-8H3. The second-order valence-corrected chi connectivity index (χ2v) is 18.2. The van der Waals surface area contributed by atoms with Crippen molar-refractivity contribution >= 4 is 60.9 Å². The highest BCUT2D eigenvalue weighted by molar-refractivity contribution is 6.14. The molecule has 3 heteroatoms. The van der Waals surface area contributed by atoms with Crippen LogP contribution in [-0.2, 0) is 16.2 Å². The molecule has 0 aliphatic heterocycles. The maximum atomic E-state index is 6.87. The monoisotopic (exact) mass is 729 g/mol. The van der Waals surface area contributed by atoms with Gasteiger partial charge in [-0.25, -0.2) is 0 Å². The van der Waals surface area contributed by atoms with Crippen molar-refractivity contribution in [1.29, 1.82) is 0 Å². The normalized spacial score (nSPS) is 13.9. The molecule has 7 aromatic carbocycles. The van der Waals surface area contributed by atoms with E-state index in [0.29, 0.717) is 0 Å². The number of anilines is 3. The third kappa shape index (κ3) is 5.24. The smallest absolute Gasteiger partial charge is 0.139 e. The minimum atomic E-state index is -0.206. The van der Waals surface area contributed by atoms with Crippen LogP contribution >= 0.6 is 0 Å². The van der Waals surface area contributed by atoms with Crippen molar-refractivity contribution in [1.82, 2.24) is 0 Å². The molecule has 0 fully saturated rings. The first-order chi connectivity index (χ1) is 26.8. The molecule has 2 heterocycles. The summed E-state index contributed by atoms with van der Waals surface area (Å²) in [4.78, 5) is 2.40. The van der Waals surface area contributed by atoms with E-state index in [2.05, 4.69) is 194 Å². The van der Waals surface area contributed by atoms with Gasteiger partial charge in [0.05, 0.1) is 11.1 Å². The fraction of sp³-hybridized carbons (Fsp3) is 0.208. The van der Waals surface area contributed by atoms with Crippen LogP contribution in [0.15, 0.2) is 148 Å². The summed E-state index contributed by atoms with van der Waals surface area (Å²) in [5.74, 6) is 0. The lowest BCUT2D eigenvalue weighted by Gasteiger charge is -2.28. The van der Waals surface area contributed by atoms with Crippen LogP contribution in [0.5, 0.6) is 0 Å². The minimum absolute atomic E-state index is 0.00390. The number of rotatable bonds is 4. The third-order valence-corrected chi connectivity index (χ3v) is 12.1. The number of furan rings is 2. The average Bonchev–Trinajstić information content (AvgIpc) is 3.81. The highest BCUT2D eigenvalue weighted by Crippen LogP contribution is 2.54. The van der Waals surface area contributed by atoms with Crippen molar-refractivity contribution in [2.75, 3.05) is 4.90 Å². The van der Waals surface area contributed by atoms with E-state index in [1.165, 1.54) is 55.3 Å². The van der Waals surface area contributed by atoms with E-state index >= 15 is 0 Å². The van der Waals surface area contributed by atoms with Crippen LogP contribution in [0.3, 0.4) is 0 Å². The van der Waals surface area contributed by atoms with E-state index in [1.807, 2.05) is 6.07 Å². The molecule has 1 aliphatic carbocycles. The lowest BCUT2D eigenvalue weighted by atomic mass is 9.79. The average molecular weight is 730 g/mol. The third-order valence-electron chi connectivity index (χ3n) is 12.1. The van der Waals surface area contributed by atoms with Gasteiger partial charge in [0.2, 0.25) is 0 Å². The predicted octanol–water partition coefficient (Wildman–Crippen LogP) is 15.5. The molecule has 0 amide bonds. The Morgan fingerprint density at radius 2 is 1.16 bits per heavy atom. The Bertz CT molecular complexity index is 3000. The Labute approximate surface area is 329 Å². The molecule has 0 bridgehead atoms. The molecule has 56 heavy (non-hydrogen) atoms. The first-order valence-electron chi connectivity index (χ1n) is 19.8. The number of benzene rings is 7. The summed E-state index contributed by atoms with van der Waals surface area (Å²) in [5.41, 5.74) is 16.8. The van der Waals surface area contributed by atoms with Crippen LogP contribution in [0.1, 0.15) is 77.6 Å². The van der Waals surface area contributed by atoms with Gasteiger partial charge in [-0.15, -0.1) is 0 Å². The molecular formula is C53H47NO2. The van der Waals surface area contributed by atoms with E-state index in [4.69, 9.17) is 8.83 Å². The molecule has 0 saturated carbocycles. The fourth-order valence-corrected chi connectivity index (χ4v) is 9.04. The van der Waals surface area contributed by atoms with E-state index in [1.54, 1.807) is 0 Å². The van der Waals surface area contributed by atoms with Gasteiger partial charge in [0, 0.05) is 38.5 Å². The first-order valence-corrected chi connectivity index (χ1v) is 19.8. The van der Waals surface area contributed by atoms with Crippen LogP contribution < -0.4 is 4.90 Å². The summed E-state index contributed by atoms with van der Waals surface area (Å²) < 4.78 is 13.3. The summed E-state index contributed by atoms with van der Waals surface area (Å²) in [5, 5.41) is 4.58. The molecule has 276 valence electrons. The van der Waals surface area contributed by atoms with Crippen molar-refractivity contribution < 1.29 is 8.83 Å². The lowest BCUT2D eigenvalue weighted by Crippen LogP contribution is -2.16. The second-order valence-electron chi connectivity index (χ2n) is 18.2.